The van der Waals surface area contributed by atoms with Gasteiger partial charge in [0.2, 0.25) is 23.5 Å². The molecule has 3 amide bonds. The van der Waals surface area contributed by atoms with E-state index in [-0.39, 0.29) is 23.7 Å². The fraction of sp³-hybridized carbons (Fsp3) is 0.400. The maximum absolute atomic E-state index is 13.7. The van der Waals surface area contributed by atoms with Crippen LogP contribution in [0.5, 0.6) is 5.88 Å². The van der Waals surface area contributed by atoms with E-state index in [1.54, 1.807) is 43.6 Å². The molecule has 0 unspecified atom stereocenters. The summed E-state index contributed by atoms with van der Waals surface area (Å²) >= 11 is 0. The van der Waals surface area contributed by atoms with Crippen molar-refractivity contribution in [1.29, 1.82) is 0 Å². The number of ether oxygens (including phenoxy) is 2. The van der Waals surface area contributed by atoms with Crippen LogP contribution < -0.4 is 20.7 Å². The Morgan fingerprint density at radius 1 is 0.917 bits per heavy atom. The first-order chi connectivity index (χ1) is 23.1. The van der Waals surface area contributed by atoms with Gasteiger partial charge in [-0.1, -0.05) is 24.3 Å². The number of aromatic nitrogens is 5. The standard InChI is InChI=1S/C35H42N8O5/c1-35(2,3)48-34(46)37-20-23-7-11-26(12-8-23)32(44)39-29(33(45)38-28-16-13-25(14-17-28)31-40-42-43-41-31)19-22-5-9-24(10-6-22)27-15-18-30(47-4)36-21-27/h5-6,9-10,13-18,21,23,26,29H,7-8,11-12,19-20H2,1-4H3,(H,37,46)(H,38,45)(H,39,44)(H,40,41,42,43)/t23?,26?,29-/m0/s1. The molecule has 2 heterocycles. The molecule has 1 atom stereocenters. The van der Waals surface area contributed by atoms with E-state index in [1.165, 1.54) is 0 Å². The molecule has 0 bridgehead atoms. The largest absolute Gasteiger partial charge is 0.481 e. The highest BCUT2D eigenvalue weighted by atomic mass is 16.6. The summed E-state index contributed by atoms with van der Waals surface area (Å²) in [4.78, 5) is 43.5. The van der Waals surface area contributed by atoms with Crippen molar-refractivity contribution in [3.8, 4) is 28.4 Å². The summed E-state index contributed by atoms with van der Waals surface area (Å²) in [7, 11) is 1.57. The van der Waals surface area contributed by atoms with Crippen LogP contribution in [0.1, 0.15) is 52.0 Å². The fourth-order valence-corrected chi connectivity index (χ4v) is 5.63. The summed E-state index contributed by atoms with van der Waals surface area (Å²) in [6.45, 7) is 5.98. The number of amides is 3. The van der Waals surface area contributed by atoms with Crippen molar-refractivity contribution in [2.75, 3.05) is 19.0 Å². The van der Waals surface area contributed by atoms with Gasteiger partial charge in [0, 0.05) is 48.0 Å². The molecule has 2 aromatic heterocycles. The Morgan fingerprint density at radius 3 is 2.21 bits per heavy atom. The lowest BCUT2D eigenvalue weighted by Gasteiger charge is -2.29. The normalized spacial score (nSPS) is 16.8. The third-order valence-electron chi connectivity index (χ3n) is 8.21. The molecular weight excluding hydrogens is 612 g/mol. The Labute approximate surface area is 279 Å². The second-order valence-corrected chi connectivity index (χ2v) is 13.0. The van der Waals surface area contributed by atoms with Crippen molar-refractivity contribution in [3.05, 3.63) is 72.4 Å². The molecule has 252 valence electrons. The van der Waals surface area contributed by atoms with Crippen LogP contribution >= 0.6 is 0 Å². The first kappa shape index (κ1) is 34.0. The van der Waals surface area contributed by atoms with Gasteiger partial charge in [0.25, 0.3) is 0 Å². The van der Waals surface area contributed by atoms with Gasteiger partial charge in [0.1, 0.15) is 11.6 Å². The molecule has 0 saturated heterocycles. The second kappa shape index (κ2) is 15.5. The lowest BCUT2D eigenvalue weighted by Crippen LogP contribution is -2.48. The summed E-state index contributed by atoms with van der Waals surface area (Å²) in [6.07, 6.45) is 4.53. The van der Waals surface area contributed by atoms with Gasteiger partial charge in [-0.05, 0) is 99.0 Å². The zero-order valence-electron chi connectivity index (χ0n) is 27.7. The summed E-state index contributed by atoms with van der Waals surface area (Å²) in [5.41, 5.74) is 3.56. The van der Waals surface area contributed by atoms with Crippen LogP contribution in [-0.2, 0) is 20.7 Å². The highest BCUT2D eigenvalue weighted by Crippen LogP contribution is 2.29. The minimum absolute atomic E-state index is 0.151. The number of carbonyl (C=O) groups is 3. The lowest BCUT2D eigenvalue weighted by molar-refractivity contribution is -0.130. The van der Waals surface area contributed by atoms with E-state index in [9.17, 15) is 14.4 Å². The Kier molecular flexibility index (Phi) is 11.0. The Morgan fingerprint density at radius 2 is 1.60 bits per heavy atom. The molecule has 5 rings (SSSR count). The van der Waals surface area contributed by atoms with Crippen LogP contribution in [0.4, 0.5) is 10.5 Å². The smallest absolute Gasteiger partial charge is 0.407 e. The number of carbonyl (C=O) groups excluding carboxylic acids is 3. The highest BCUT2D eigenvalue weighted by Gasteiger charge is 2.30. The molecule has 1 aliphatic carbocycles. The number of tetrazole rings is 1. The quantitative estimate of drug-likeness (QED) is 0.175. The number of alkyl carbamates (subject to hydrolysis) is 1. The molecule has 48 heavy (non-hydrogen) atoms. The molecule has 13 nitrogen and oxygen atoms in total. The van der Waals surface area contributed by atoms with E-state index in [2.05, 4.69) is 41.6 Å². The van der Waals surface area contributed by atoms with Gasteiger partial charge in [-0.15, -0.1) is 10.2 Å². The number of aromatic amines is 1. The Bertz CT molecular complexity index is 1650. The van der Waals surface area contributed by atoms with Crippen molar-refractivity contribution in [2.24, 2.45) is 11.8 Å². The first-order valence-electron chi connectivity index (χ1n) is 16.1. The SMILES string of the molecule is COc1ccc(-c2ccc(C[C@H](NC(=O)C3CCC(CNC(=O)OC(C)(C)C)CC3)C(=O)Nc3ccc(-c4nn[nH]n4)cc3)cc2)cn1. The van der Waals surface area contributed by atoms with Gasteiger partial charge in [-0.25, -0.2) is 9.78 Å². The third kappa shape index (κ3) is 9.60. The van der Waals surface area contributed by atoms with Crippen molar-refractivity contribution < 1.29 is 23.9 Å². The van der Waals surface area contributed by atoms with Crippen molar-refractivity contribution >= 4 is 23.6 Å². The molecular formula is C35H42N8O5. The summed E-state index contributed by atoms with van der Waals surface area (Å²) in [5, 5.41) is 22.8. The van der Waals surface area contributed by atoms with E-state index in [1.807, 2.05) is 51.1 Å². The third-order valence-corrected chi connectivity index (χ3v) is 8.21. The van der Waals surface area contributed by atoms with Crippen molar-refractivity contribution in [3.63, 3.8) is 0 Å². The molecule has 0 aliphatic heterocycles. The molecule has 0 radical (unpaired) electrons. The minimum atomic E-state index is -0.811. The maximum Gasteiger partial charge on any atom is 0.407 e. The number of pyridine rings is 1. The van der Waals surface area contributed by atoms with Gasteiger partial charge < -0.3 is 25.4 Å². The predicted molar refractivity (Wildman–Crippen MR) is 180 cm³/mol. The van der Waals surface area contributed by atoms with E-state index >= 15 is 0 Å². The summed E-state index contributed by atoms with van der Waals surface area (Å²) in [5.74, 6) is 0.543. The predicted octanol–water partition coefficient (Wildman–Crippen LogP) is 4.93. The number of nitrogens with one attached hydrogen (secondary N) is 4. The van der Waals surface area contributed by atoms with E-state index in [4.69, 9.17) is 9.47 Å². The number of H-pyrrole nitrogens is 1. The maximum atomic E-state index is 13.7. The summed E-state index contributed by atoms with van der Waals surface area (Å²) in [6, 6.07) is 17.9. The van der Waals surface area contributed by atoms with E-state index in [0.29, 0.717) is 43.2 Å². The Balaban J connectivity index is 1.23. The number of hydrogen-bond donors (Lipinski definition) is 4. The van der Waals surface area contributed by atoms with Gasteiger partial charge in [-0.2, -0.15) is 5.21 Å². The minimum Gasteiger partial charge on any atom is -0.481 e. The second-order valence-electron chi connectivity index (χ2n) is 13.0. The van der Waals surface area contributed by atoms with E-state index in [0.717, 1.165) is 35.1 Å². The van der Waals surface area contributed by atoms with Crippen LogP contribution in [0.15, 0.2) is 66.9 Å². The molecule has 2 aromatic carbocycles. The molecule has 1 saturated carbocycles. The van der Waals surface area contributed by atoms with Crippen LogP contribution in [0.25, 0.3) is 22.5 Å². The number of methoxy groups -OCH3 is 1. The number of benzene rings is 2. The average Bonchev–Trinajstić information content (AvgIpc) is 3.63. The van der Waals surface area contributed by atoms with Gasteiger partial charge in [0.05, 0.1) is 7.11 Å². The molecule has 13 heteroatoms. The molecule has 0 spiro atoms. The lowest BCUT2D eigenvalue weighted by atomic mass is 9.81. The number of hydrogen-bond acceptors (Lipinski definition) is 9. The van der Waals surface area contributed by atoms with Crippen molar-refractivity contribution in [2.45, 2.75) is 64.5 Å². The van der Waals surface area contributed by atoms with Crippen molar-refractivity contribution in [1.82, 2.24) is 36.2 Å². The summed E-state index contributed by atoms with van der Waals surface area (Å²) < 4.78 is 10.5. The van der Waals surface area contributed by atoms with Gasteiger partial charge in [0.15, 0.2) is 0 Å². The topological polar surface area (TPSA) is 173 Å². The van der Waals surface area contributed by atoms with Crippen LogP contribution in [-0.4, -0.2) is 68.8 Å². The van der Waals surface area contributed by atoms with Crippen LogP contribution in [0, 0.1) is 11.8 Å². The molecule has 1 fully saturated rings. The van der Waals surface area contributed by atoms with Crippen LogP contribution in [0.2, 0.25) is 0 Å². The molecule has 4 aromatic rings. The first-order valence-corrected chi connectivity index (χ1v) is 16.1. The number of anilines is 1. The molecule has 1 aliphatic rings. The van der Waals surface area contributed by atoms with Crippen LogP contribution in [0.3, 0.4) is 0 Å². The zero-order valence-corrected chi connectivity index (χ0v) is 27.7. The average molecular weight is 655 g/mol. The van der Waals surface area contributed by atoms with Gasteiger partial charge >= 0.3 is 6.09 Å². The molecule has 4 N–H and O–H groups in total. The number of nitrogens with zero attached hydrogens (tertiary/aromatic N) is 4. The fourth-order valence-electron chi connectivity index (χ4n) is 5.63. The number of rotatable bonds is 11. The highest BCUT2D eigenvalue weighted by molar-refractivity contribution is 5.97. The monoisotopic (exact) mass is 654 g/mol. The van der Waals surface area contributed by atoms with Gasteiger partial charge in [-0.3, -0.25) is 9.59 Å². The van der Waals surface area contributed by atoms with E-state index < -0.39 is 17.7 Å². The zero-order chi connectivity index (χ0) is 34.1. The Hall–Kier alpha value is -5.33.